The van der Waals surface area contributed by atoms with Crippen molar-refractivity contribution in [3.8, 4) is 11.4 Å². The van der Waals surface area contributed by atoms with Crippen LogP contribution in [0, 0.1) is 0 Å². The van der Waals surface area contributed by atoms with E-state index < -0.39 is 0 Å². The molecule has 0 spiro atoms. The molecule has 4 aromatic carbocycles. The molecular formula is C32H20BN3O2. The third kappa shape index (κ3) is 3.07. The highest BCUT2D eigenvalue weighted by Crippen LogP contribution is 2.44. The zero-order valence-electron chi connectivity index (χ0n) is 20.3. The van der Waals surface area contributed by atoms with Crippen LogP contribution in [-0.2, 0) is 0 Å². The van der Waals surface area contributed by atoms with Crippen molar-refractivity contribution in [3.05, 3.63) is 122 Å². The van der Waals surface area contributed by atoms with Gasteiger partial charge in [0.05, 0.1) is 29.5 Å². The Morgan fingerprint density at radius 2 is 1.05 bits per heavy atom. The molecule has 0 aliphatic carbocycles. The van der Waals surface area contributed by atoms with Crippen LogP contribution in [0.15, 0.2) is 130 Å². The van der Waals surface area contributed by atoms with Crippen molar-refractivity contribution in [1.82, 2.24) is 9.97 Å². The normalized spacial score (nSPS) is 12.6. The Hall–Kier alpha value is -5.10. The number of rotatable bonds is 3. The van der Waals surface area contributed by atoms with Gasteiger partial charge >= 0.3 is 6.71 Å². The lowest BCUT2D eigenvalue weighted by Crippen LogP contribution is -2.56. The summed E-state index contributed by atoms with van der Waals surface area (Å²) in [5.41, 5.74) is 8.27. The van der Waals surface area contributed by atoms with Gasteiger partial charge in [0.2, 0.25) is 0 Å². The molecule has 38 heavy (non-hydrogen) atoms. The molecule has 0 unspecified atom stereocenters. The highest BCUT2D eigenvalue weighted by Gasteiger charge is 2.44. The van der Waals surface area contributed by atoms with Gasteiger partial charge in [-0.25, -0.2) is 9.97 Å². The number of para-hydroxylation sites is 2. The molecule has 7 aromatic rings. The lowest BCUT2D eigenvalue weighted by molar-refractivity contribution is 0.636. The summed E-state index contributed by atoms with van der Waals surface area (Å²) in [6, 6.07) is 36.8. The minimum Gasteiger partial charge on any atom is -0.468 e. The average molecular weight is 489 g/mol. The number of fused-ring (bicyclic) bond motifs is 6. The van der Waals surface area contributed by atoms with Gasteiger partial charge in [-0.2, -0.15) is 0 Å². The van der Waals surface area contributed by atoms with E-state index in [1.54, 1.807) is 0 Å². The zero-order valence-corrected chi connectivity index (χ0v) is 20.3. The van der Waals surface area contributed by atoms with E-state index in [0.717, 1.165) is 61.3 Å². The molecule has 0 radical (unpaired) electrons. The van der Waals surface area contributed by atoms with Gasteiger partial charge in [-0.1, -0.05) is 90.4 Å². The predicted octanol–water partition coefficient (Wildman–Crippen LogP) is 5.94. The van der Waals surface area contributed by atoms with Gasteiger partial charge in [-0.05, 0) is 24.3 Å². The largest absolute Gasteiger partial charge is 0.468 e. The van der Waals surface area contributed by atoms with Gasteiger partial charge in [0.1, 0.15) is 22.5 Å². The average Bonchev–Trinajstić information content (AvgIpc) is 3.56. The molecule has 3 aromatic heterocycles. The molecule has 0 bridgehead atoms. The Balaban J connectivity index is 1.43. The fourth-order valence-corrected chi connectivity index (χ4v) is 5.56. The third-order valence-electron chi connectivity index (χ3n) is 7.22. The van der Waals surface area contributed by atoms with Crippen molar-refractivity contribution in [2.75, 3.05) is 4.90 Å². The second-order valence-electron chi connectivity index (χ2n) is 9.43. The summed E-state index contributed by atoms with van der Waals surface area (Å²) < 4.78 is 13.2. The van der Waals surface area contributed by atoms with E-state index in [4.69, 9.17) is 18.8 Å². The molecule has 178 valence electrons. The summed E-state index contributed by atoms with van der Waals surface area (Å²) in [5, 5.41) is 2.07. The number of aromatic nitrogens is 2. The van der Waals surface area contributed by atoms with Gasteiger partial charge in [-0.3, -0.25) is 0 Å². The van der Waals surface area contributed by atoms with Crippen molar-refractivity contribution in [2.45, 2.75) is 0 Å². The monoisotopic (exact) mass is 489 g/mol. The summed E-state index contributed by atoms with van der Waals surface area (Å²) in [6.45, 7) is -0.193. The summed E-state index contributed by atoms with van der Waals surface area (Å²) in [4.78, 5) is 11.7. The summed E-state index contributed by atoms with van der Waals surface area (Å²) >= 11 is 0. The molecule has 1 aliphatic heterocycles. The first-order valence-corrected chi connectivity index (χ1v) is 12.6. The molecule has 0 N–H and O–H groups in total. The second-order valence-corrected chi connectivity index (χ2v) is 9.43. The zero-order chi connectivity index (χ0) is 25.1. The molecule has 5 nitrogen and oxygen atoms in total. The maximum Gasteiger partial charge on any atom is 0.338 e. The summed E-state index contributed by atoms with van der Waals surface area (Å²) in [6.07, 6.45) is 3.77. The van der Waals surface area contributed by atoms with E-state index >= 15 is 0 Å². The highest BCUT2D eigenvalue weighted by molar-refractivity contribution is 6.97. The van der Waals surface area contributed by atoms with E-state index in [1.807, 2.05) is 85.2 Å². The van der Waals surface area contributed by atoms with E-state index in [1.165, 1.54) is 0 Å². The molecule has 8 rings (SSSR count). The summed E-state index contributed by atoms with van der Waals surface area (Å²) in [7, 11) is 0. The number of hydrogen-bond donors (Lipinski definition) is 0. The van der Waals surface area contributed by atoms with E-state index in [9.17, 15) is 0 Å². The minimum absolute atomic E-state index is 0.193. The van der Waals surface area contributed by atoms with Crippen LogP contribution in [0.25, 0.3) is 33.3 Å². The maximum atomic E-state index is 6.61. The fourth-order valence-electron chi connectivity index (χ4n) is 5.56. The maximum absolute atomic E-state index is 6.61. The molecule has 0 saturated heterocycles. The van der Waals surface area contributed by atoms with Gasteiger partial charge in [0, 0.05) is 16.3 Å². The lowest BCUT2D eigenvalue weighted by Gasteiger charge is -2.31. The number of benzene rings is 4. The van der Waals surface area contributed by atoms with Crippen LogP contribution in [0.3, 0.4) is 0 Å². The number of furan rings is 2. The summed E-state index contributed by atoms with van der Waals surface area (Å²) in [5.74, 6) is 0.683. The molecule has 6 heteroatoms. The molecule has 0 amide bonds. The number of anilines is 3. The Morgan fingerprint density at radius 1 is 0.553 bits per heavy atom. The molecule has 1 aliphatic rings. The molecule has 4 heterocycles. The van der Waals surface area contributed by atoms with Crippen molar-refractivity contribution in [1.29, 1.82) is 0 Å². The molecule has 0 atom stereocenters. The number of nitrogens with zero attached hydrogens (tertiary/aromatic N) is 3. The minimum atomic E-state index is -0.193. The van der Waals surface area contributed by atoms with Crippen LogP contribution >= 0.6 is 0 Å². The Labute approximate surface area is 219 Å². The van der Waals surface area contributed by atoms with Crippen LogP contribution in [0.5, 0.6) is 0 Å². The molecule has 0 saturated carbocycles. The first-order chi connectivity index (χ1) is 18.9. The first-order valence-electron chi connectivity index (χ1n) is 12.6. The van der Waals surface area contributed by atoms with Crippen LogP contribution in [0.1, 0.15) is 0 Å². The van der Waals surface area contributed by atoms with Gasteiger partial charge in [0.15, 0.2) is 5.82 Å². The Morgan fingerprint density at radius 3 is 1.63 bits per heavy atom. The predicted molar refractivity (Wildman–Crippen MR) is 153 cm³/mol. The van der Waals surface area contributed by atoms with Crippen molar-refractivity contribution < 1.29 is 8.83 Å². The van der Waals surface area contributed by atoms with Crippen LogP contribution in [0.2, 0.25) is 0 Å². The Bertz CT molecular complexity index is 1850. The topological polar surface area (TPSA) is 55.3 Å². The van der Waals surface area contributed by atoms with E-state index in [2.05, 4.69) is 41.3 Å². The standard InChI is InChI=1S/C32H20BN3O2/c1-3-11-21(12-4-1)32-34-19-23(20-35-32)36-28-24-15-7-9-17-26(24)37-30(28)33(22-13-5-2-6-14-22)31-29(36)25-16-8-10-18-27(25)38-31/h1-20H. The Kier molecular flexibility index (Phi) is 4.55. The van der Waals surface area contributed by atoms with Crippen molar-refractivity contribution in [3.63, 3.8) is 0 Å². The SMILES string of the molecule is c1ccc(B2c3oc4ccccc4c3N(c3cnc(-c4ccccc4)nc3)c3c2oc2ccccc32)cc1. The smallest absolute Gasteiger partial charge is 0.338 e. The van der Waals surface area contributed by atoms with Crippen LogP contribution in [0.4, 0.5) is 17.1 Å². The highest BCUT2D eigenvalue weighted by atomic mass is 16.4. The van der Waals surface area contributed by atoms with Crippen LogP contribution in [-0.4, -0.2) is 16.7 Å². The van der Waals surface area contributed by atoms with Crippen molar-refractivity contribution >= 4 is 62.5 Å². The van der Waals surface area contributed by atoms with E-state index in [0.29, 0.717) is 5.82 Å². The lowest BCUT2D eigenvalue weighted by atomic mass is 9.39. The fraction of sp³-hybridized carbons (Fsp3) is 0. The second kappa shape index (κ2) is 8.22. The van der Waals surface area contributed by atoms with Crippen molar-refractivity contribution in [2.24, 2.45) is 0 Å². The quantitative estimate of drug-likeness (QED) is 0.288. The molecular weight excluding hydrogens is 469 g/mol. The van der Waals surface area contributed by atoms with Gasteiger partial charge < -0.3 is 13.7 Å². The van der Waals surface area contributed by atoms with Gasteiger partial charge in [0.25, 0.3) is 0 Å². The first kappa shape index (κ1) is 21.0. The van der Waals surface area contributed by atoms with Gasteiger partial charge in [-0.15, -0.1) is 0 Å². The van der Waals surface area contributed by atoms with Crippen LogP contribution < -0.4 is 21.7 Å². The van der Waals surface area contributed by atoms with E-state index in [-0.39, 0.29) is 6.71 Å². The third-order valence-corrected chi connectivity index (χ3v) is 7.22. The molecule has 0 fully saturated rings. The number of hydrogen-bond acceptors (Lipinski definition) is 5.